The van der Waals surface area contributed by atoms with Crippen LogP contribution in [0.25, 0.3) is 17.1 Å². The van der Waals surface area contributed by atoms with Crippen LogP contribution >= 0.6 is 11.8 Å². The Hall–Kier alpha value is -4.25. The van der Waals surface area contributed by atoms with Gasteiger partial charge in [-0.3, -0.25) is 24.5 Å². The molecule has 2 aromatic heterocycles. The molecule has 0 saturated heterocycles. The topological polar surface area (TPSA) is 125 Å². The second-order valence-corrected chi connectivity index (χ2v) is 7.63. The Kier molecular flexibility index (Phi) is 6.60. The number of anilines is 1. The molecule has 1 amide bonds. The maximum absolute atomic E-state index is 12.5. The molecular formula is C22H18N6O4S. The fraction of sp³-hybridized carbons (Fsp3) is 0.0909. The number of amides is 1. The van der Waals surface area contributed by atoms with E-state index in [1.165, 1.54) is 36.0 Å². The summed E-state index contributed by atoms with van der Waals surface area (Å²) in [5.41, 5.74) is 1.96. The smallest absolute Gasteiger partial charge is 0.269 e. The molecule has 4 aromatic rings. The number of rotatable bonds is 8. The van der Waals surface area contributed by atoms with E-state index < -0.39 is 4.92 Å². The minimum absolute atomic E-state index is 0.0454. The van der Waals surface area contributed by atoms with E-state index in [2.05, 4.69) is 20.5 Å². The number of thioether (sulfide) groups is 1. The van der Waals surface area contributed by atoms with Crippen LogP contribution in [-0.2, 0) is 4.79 Å². The van der Waals surface area contributed by atoms with Crippen molar-refractivity contribution in [3.63, 3.8) is 0 Å². The van der Waals surface area contributed by atoms with Crippen molar-refractivity contribution in [2.75, 3.05) is 18.2 Å². The highest BCUT2D eigenvalue weighted by Gasteiger charge is 2.20. The highest BCUT2D eigenvalue weighted by Crippen LogP contribution is 2.32. The average molecular weight is 462 g/mol. The van der Waals surface area contributed by atoms with Crippen molar-refractivity contribution >= 4 is 29.0 Å². The van der Waals surface area contributed by atoms with Crippen molar-refractivity contribution in [3.8, 4) is 22.8 Å². The molecule has 10 nitrogen and oxygen atoms in total. The molecule has 11 heteroatoms. The number of carbonyl (C=O) groups excluding carboxylic acids is 1. The fourth-order valence-corrected chi connectivity index (χ4v) is 3.82. The molecule has 0 aliphatic rings. The Balaban J connectivity index is 1.58. The molecule has 0 atom stereocenters. The van der Waals surface area contributed by atoms with Crippen LogP contribution in [0.1, 0.15) is 0 Å². The van der Waals surface area contributed by atoms with E-state index >= 15 is 0 Å². The Morgan fingerprint density at radius 3 is 2.52 bits per heavy atom. The summed E-state index contributed by atoms with van der Waals surface area (Å²) in [6.45, 7) is 0. The van der Waals surface area contributed by atoms with E-state index in [1.807, 2.05) is 41.0 Å². The number of methoxy groups -OCH3 is 1. The SMILES string of the molecule is COc1ccccc1-n1c(SCC(=O)Nc2ccc([N+](=O)[O-])cc2)nnc1-c1ccncc1. The first-order valence-corrected chi connectivity index (χ1v) is 10.7. The van der Waals surface area contributed by atoms with Crippen molar-refractivity contribution in [1.82, 2.24) is 19.7 Å². The normalized spacial score (nSPS) is 10.6. The number of pyridine rings is 1. The second-order valence-electron chi connectivity index (χ2n) is 6.69. The van der Waals surface area contributed by atoms with Crippen LogP contribution in [0.4, 0.5) is 11.4 Å². The van der Waals surface area contributed by atoms with E-state index in [1.54, 1.807) is 19.5 Å². The van der Waals surface area contributed by atoms with Gasteiger partial charge in [-0.25, -0.2) is 0 Å². The standard InChI is InChI=1S/C22H18N6O4S/c1-32-19-5-3-2-4-18(19)27-21(15-10-12-23-13-11-15)25-26-22(27)33-14-20(29)24-16-6-8-17(9-7-16)28(30)31/h2-13H,14H2,1H3,(H,24,29). The third kappa shape index (κ3) is 4.99. The zero-order valence-corrected chi connectivity index (χ0v) is 18.2. The molecule has 166 valence electrons. The lowest BCUT2D eigenvalue weighted by Gasteiger charge is -2.13. The number of hydrogen-bond acceptors (Lipinski definition) is 8. The molecule has 0 unspecified atom stereocenters. The van der Waals surface area contributed by atoms with Crippen LogP contribution in [0.15, 0.2) is 78.2 Å². The van der Waals surface area contributed by atoms with Gasteiger partial charge in [-0.05, 0) is 36.4 Å². The lowest BCUT2D eigenvalue weighted by molar-refractivity contribution is -0.384. The number of carbonyl (C=O) groups is 1. The number of nitro groups is 1. The van der Waals surface area contributed by atoms with Gasteiger partial charge in [0.2, 0.25) is 5.91 Å². The van der Waals surface area contributed by atoms with E-state index in [4.69, 9.17) is 4.74 Å². The number of non-ortho nitro benzene ring substituents is 1. The first kappa shape index (κ1) is 22.0. The molecule has 0 bridgehead atoms. The number of para-hydroxylation sites is 2. The van der Waals surface area contributed by atoms with Crippen molar-refractivity contribution in [3.05, 3.63) is 83.2 Å². The molecule has 0 saturated carbocycles. The van der Waals surface area contributed by atoms with Crippen LogP contribution in [0, 0.1) is 10.1 Å². The minimum atomic E-state index is -0.494. The van der Waals surface area contributed by atoms with Gasteiger partial charge in [0, 0.05) is 35.8 Å². The largest absolute Gasteiger partial charge is 0.495 e. The summed E-state index contributed by atoms with van der Waals surface area (Å²) < 4.78 is 7.35. The molecular weight excluding hydrogens is 444 g/mol. The van der Waals surface area contributed by atoms with Crippen LogP contribution in [0.2, 0.25) is 0 Å². The molecule has 33 heavy (non-hydrogen) atoms. The first-order chi connectivity index (χ1) is 16.1. The maximum atomic E-state index is 12.5. The molecule has 0 spiro atoms. The number of benzene rings is 2. The first-order valence-electron chi connectivity index (χ1n) is 9.73. The number of nitrogens with one attached hydrogen (secondary N) is 1. The summed E-state index contributed by atoms with van der Waals surface area (Å²) in [5.74, 6) is 0.986. The Labute approximate surface area is 192 Å². The van der Waals surface area contributed by atoms with Gasteiger partial charge in [-0.15, -0.1) is 10.2 Å². The average Bonchev–Trinajstić information content (AvgIpc) is 3.27. The highest BCUT2D eigenvalue weighted by atomic mass is 32.2. The number of aromatic nitrogens is 4. The fourth-order valence-electron chi connectivity index (χ4n) is 3.08. The molecule has 0 fully saturated rings. The quantitative estimate of drug-likeness (QED) is 0.237. The van der Waals surface area contributed by atoms with Gasteiger partial charge in [0.25, 0.3) is 5.69 Å². The van der Waals surface area contributed by atoms with Crippen molar-refractivity contribution in [2.24, 2.45) is 0 Å². The van der Waals surface area contributed by atoms with Crippen LogP contribution in [0.3, 0.4) is 0 Å². The van der Waals surface area contributed by atoms with E-state index in [-0.39, 0.29) is 17.3 Å². The summed E-state index contributed by atoms with van der Waals surface area (Å²) in [6.07, 6.45) is 3.34. The van der Waals surface area contributed by atoms with Crippen molar-refractivity contribution in [1.29, 1.82) is 0 Å². The predicted molar refractivity (Wildman–Crippen MR) is 124 cm³/mol. The Morgan fingerprint density at radius 1 is 1.09 bits per heavy atom. The van der Waals surface area contributed by atoms with Gasteiger partial charge >= 0.3 is 0 Å². The summed E-state index contributed by atoms with van der Waals surface area (Å²) in [6, 6.07) is 16.8. The van der Waals surface area contributed by atoms with Crippen molar-refractivity contribution < 1.29 is 14.5 Å². The molecule has 2 heterocycles. The van der Waals surface area contributed by atoms with E-state index in [9.17, 15) is 14.9 Å². The summed E-state index contributed by atoms with van der Waals surface area (Å²) in [5, 5.41) is 22.6. The third-order valence-electron chi connectivity index (χ3n) is 4.59. The maximum Gasteiger partial charge on any atom is 0.269 e. The van der Waals surface area contributed by atoms with E-state index in [0.29, 0.717) is 22.4 Å². The summed E-state index contributed by atoms with van der Waals surface area (Å²) in [4.78, 5) is 26.8. The van der Waals surface area contributed by atoms with Gasteiger partial charge in [0.15, 0.2) is 11.0 Å². The molecule has 0 aliphatic carbocycles. The molecule has 1 N–H and O–H groups in total. The Morgan fingerprint density at radius 2 is 1.82 bits per heavy atom. The number of nitro benzene ring substituents is 1. The van der Waals surface area contributed by atoms with Gasteiger partial charge in [0.05, 0.1) is 23.5 Å². The second kappa shape index (κ2) is 9.92. The lowest BCUT2D eigenvalue weighted by Crippen LogP contribution is -2.14. The lowest BCUT2D eigenvalue weighted by atomic mass is 10.2. The summed E-state index contributed by atoms with van der Waals surface area (Å²) in [7, 11) is 1.58. The summed E-state index contributed by atoms with van der Waals surface area (Å²) >= 11 is 1.21. The number of nitrogens with zero attached hydrogens (tertiary/aromatic N) is 5. The zero-order valence-electron chi connectivity index (χ0n) is 17.4. The van der Waals surface area contributed by atoms with Crippen LogP contribution in [-0.4, -0.2) is 43.4 Å². The van der Waals surface area contributed by atoms with Gasteiger partial charge in [0.1, 0.15) is 5.75 Å². The third-order valence-corrected chi connectivity index (χ3v) is 5.52. The van der Waals surface area contributed by atoms with Crippen LogP contribution < -0.4 is 10.1 Å². The van der Waals surface area contributed by atoms with Crippen molar-refractivity contribution in [2.45, 2.75) is 5.16 Å². The molecule has 2 aromatic carbocycles. The molecule has 0 radical (unpaired) electrons. The Bertz CT molecular complexity index is 1280. The zero-order chi connectivity index (χ0) is 23.2. The van der Waals surface area contributed by atoms with Gasteiger partial charge in [-0.1, -0.05) is 23.9 Å². The van der Waals surface area contributed by atoms with Crippen LogP contribution in [0.5, 0.6) is 5.75 Å². The predicted octanol–water partition coefficient (Wildman–Crippen LogP) is 3.98. The number of hydrogen-bond donors (Lipinski definition) is 1. The highest BCUT2D eigenvalue weighted by molar-refractivity contribution is 7.99. The van der Waals surface area contributed by atoms with E-state index in [0.717, 1.165) is 11.3 Å². The van der Waals surface area contributed by atoms with Gasteiger partial charge < -0.3 is 10.1 Å². The number of ether oxygens (including phenoxy) is 1. The molecule has 0 aliphatic heterocycles. The van der Waals surface area contributed by atoms with Gasteiger partial charge in [-0.2, -0.15) is 0 Å². The minimum Gasteiger partial charge on any atom is -0.495 e. The monoisotopic (exact) mass is 462 g/mol. The molecule has 4 rings (SSSR count).